The standard InChI is InChI=1S/C12H19N3O7/c1-17-12(18-2,19-3)21-7-10-20-6-9(22-10)15-5-4-8(13)14-11(15)16/h4-5,9-10H,6-7H2,1-3H3,(H2,13,14,16)/p+1/t9-,10-/m0/s1. The Kier molecular flexibility index (Phi) is 5.45. The van der Waals surface area contributed by atoms with Crippen molar-refractivity contribution < 1.29 is 33.0 Å². The number of anilines is 1. The van der Waals surface area contributed by atoms with E-state index in [1.807, 2.05) is 0 Å². The summed E-state index contributed by atoms with van der Waals surface area (Å²) in [6.45, 7) is 0.172. The third kappa shape index (κ3) is 3.61. The van der Waals surface area contributed by atoms with E-state index in [0.29, 0.717) is 0 Å². The minimum Gasteiger partial charge on any atom is -0.366 e. The summed E-state index contributed by atoms with van der Waals surface area (Å²) in [7, 11) is 4.11. The molecule has 0 bridgehead atoms. The Bertz CT molecular complexity index is 538. The smallest absolute Gasteiger partial charge is 0.366 e. The zero-order chi connectivity index (χ0) is 16.2. The van der Waals surface area contributed by atoms with Crippen molar-refractivity contribution in [1.29, 1.82) is 0 Å². The molecular formula is C12H20N3O7+. The van der Waals surface area contributed by atoms with Crippen LogP contribution in [-0.4, -0.2) is 52.0 Å². The Morgan fingerprint density at radius 3 is 2.68 bits per heavy atom. The van der Waals surface area contributed by atoms with Gasteiger partial charge in [0.05, 0.1) is 0 Å². The van der Waals surface area contributed by atoms with Gasteiger partial charge in [-0.25, -0.2) is 0 Å². The van der Waals surface area contributed by atoms with E-state index >= 15 is 0 Å². The average Bonchev–Trinajstić information content (AvgIpc) is 2.98. The number of nitrogens with two attached hydrogens (primary N) is 1. The Morgan fingerprint density at radius 1 is 1.41 bits per heavy atom. The highest BCUT2D eigenvalue weighted by Crippen LogP contribution is 2.20. The molecule has 2 rings (SSSR count). The summed E-state index contributed by atoms with van der Waals surface area (Å²) in [4.78, 5) is 14.3. The van der Waals surface area contributed by atoms with Gasteiger partial charge in [0, 0.05) is 27.4 Å². The van der Waals surface area contributed by atoms with E-state index < -0.39 is 24.4 Å². The second kappa shape index (κ2) is 7.13. The van der Waals surface area contributed by atoms with Crippen molar-refractivity contribution in [2.24, 2.45) is 0 Å². The highest BCUT2D eigenvalue weighted by molar-refractivity contribution is 5.21. The molecular weight excluding hydrogens is 298 g/mol. The molecule has 3 N–H and O–H groups in total. The number of hydrogen-bond donors (Lipinski definition) is 2. The fourth-order valence-corrected chi connectivity index (χ4v) is 1.96. The van der Waals surface area contributed by atoms with Crippen molar-refractivity contribution in [3.63, 3.8) is 0 Å². The highest BCUT2D eigenvalue weighted by atomic mass is 17.0. The lowest BCUT2D eigenvalue weighted by Gasteiger charge is -2.28. The first-order chi connectivity index (χ1) is 10.5. The summed E-state index contributed by atoms with van der Waals surface area (Å²) < 4.78 is 32.7. The van der Waals surface area contributed by atoms with Crippen molar-refractivity contribution in [3.8, 4) is 0 Å². The third-order valence-corrected chi connectivity index (χ3v) is 3.09. The molecule has 0 aliphatic carbocycles. The van der Waals surface area contributed by atoms with Gasteiger partial charge in [-0.15, -0.1) is 0 Å². The lowest BCUT2D eigenvalue weighted by Crippen LogP contribution is -2.55. The number of aromatic nitrogens is 2. The number of nitrogens with zero attached hydrogens (tertiary/aromatic N) is 1. The molecule has 1 aromatic rings. The van der Waals surface area contributed by atoms with Crippen LogP contribution in [-0.2, 0) is 28.4 Å². The van der Waals surface area contributed by atoms with E-state index in [0.717, 1.165) is 0 Å². The molecule has 0 spiro atoms. The summed E-state index contributed by atoms with van der Waals surface area (Å²) in [5, 5.41) is 0. The number of rotatable bonds is 7. The second-order valence-electron chi connectivity index (χ2n) is 4.39. The molecule has 10 heteroatoms. The highest BCUT2D eigenvalue weighted by Gasteiger charge is 2.37. The fraction of sp³-hybridized carbons (Fsp3) is 0.667. The Hall–Kier alpha value is -1.56. The van der Waals surface area contributed by atoms with Crippen molar-refractivity contribution in [2.45, 2.75) is 18.7 Å². The van der Waals surface area contributed by atoms with Crippen LogP contribution in [0.1, 0.15) is 6.23 Å². The number of nitrogen functional groups attached to an aromatic ring is 1. The molecule has 10 nitrogen and oxygen atoms in total. The van der Waals surface area contributed by atoms with Crippen LogP contribution in [0.15, 0.2) is 17.1 Å². The largest absolute Gasteiger partial charge is 0.499 e. The van der Waals surface area contributed by atoms with Gasteiger partial charge in [0.2, 0.25) is 6.23 Å². The van der Waals surface area contributed by atoms with E-state index in [-0.39, 0.29) is 19.0 Å². The second-order valence-corrected chi connectivity index (χ2v) is 4.39. The number of aromatic amines is 1. The summed E-state index contributed by atoms with van der Waals surface area (Å²) >= 11 is 0. The van der Waals surface area contributed by atoms with Gasteiger partial charge >= 0.3 is 11.8 Å². The third-order valence-electron chi connectivity index (χ3n) is 3.09. The van der Waals surface area contributed by atoms with E-state index in [1.54, 1.807) is 6.07 Å². The number of H-pyrrole nitrogens is 1. The molecule has 0 saturated carbocycles. The van der Waals surface area contributed by atoms with Crippen LogP contribution >= 0.6 is 0 Å². The van der Waals surface area contributed by atoms with Crippen LogP contribution < -0.4 is 16.0 Å². The normalized spacial score (nSPS) is 22.1. The van der Waals surface area contributed by atoms with Gasteiger partial charge in [0.1, 0.15) is 19.4 Å². The van der Waals surface area contributed by atoms with Crippen molar-refractivity contribution in [3.05, 3.63) is 22.7 Å². The van der Waals surface area contributed by atoms with Gasteiger partial charge in [0.15, 0.2) is 12.1 Å². The molecule has 0 amide bonds. The van der Waals surface area contributed by atoms with Crippen molar-refractivity contribution >= 4 is 5.82 Å². The van der Waals surface area contributed by atoms with Crippen LogP contribution in [0.4, 0.5) is 5.82 Å². The zero-order valence-electron chi connectivity index (χ0n) is 12.6. The fourth-order valence-electron chi connectivity index (χ4n) is 1.96. The molecule has 1 aliphatic heterocycles. The molecule has 124 valence electrons. The molecule has 1 aromatic heterocycles. The quantitative estimate of drug-likeness (QED) is 0.469. The SMILES string of the molecule is COC(OC)(OC)OC[C@H]1OC[C@@H]([n+]2ccc(N)[nH]c2=O)O1. The number of methoxy groups -OCH3 is 3. The molecule has 0 unspecified atom stereocenters. The van der Waals surface area contributed by atoms with Crippen LogP contribution in [0.25, 0.3) is 0 Å². The van der Waals surface area contributed by atoms with Crippen LogP contribution in [0.5, 0.6) is 0 Å². The maximum absolute atomic E-state index is 11.8. The minimum atomic E-state index is -1.63. The topological polar surface area (TPSA) is 118 Å². The zero-order valence-corrected chi connectivity index (χ0v) is 12.6. The van der Waals surface area contributed by atoms with E-state index in [4.69, 9.17) is 34.2 Å². The Balaban J connectivity index is 1.94. The van der Waals surface area contributed by atoms with E-state index in [1.165, 1.54) is 32.1 Å². The predicted molar refractivity (Wildman–Crippen MR) is 71.2 cm³/mol. The number of ether oxygens (including phenoxy) is 6. The number of hydrogen-bond acceptors (Lipinski definition) is 8. The first kappa shape index (κ1) is 16.8. The summed E-state index contributed by atoms with van der Waals surface area (Å²) in [5.74, 6) is 0.269. The summed E-state index contributed by atoms with van der Waals surface area (Å²) in [6, 6.07) is 1.56. The summed E-state index contributed by atoms with van der Waals surface area (Å²) in [5.41, 5.74) is 5.10. The van der Waals surface area contributed by atoms with Gasteiger partial charge in [-0.3, -0.25) is 4.74 Å². The maximum atomic E-state index is 11.8. The Labute approximate surface area is 126 Å². The lowest BCUT2D eigenvalue weighted by atomic mass is 10.5. The van der Waals surface area contributed by atoms with Gasteiger partial charge < -0.3 is 29.4 Å². The van der Waals surface area contributed by atoms with Gasteiger partial charge in [-0.2, -0.15) is 14.3 Å². The lowest BCUT2D eigenvalue weighted by molar-refractivity contribution is -0.771. The monoisotopic (exact) mass is 318 g/mol. The first-order valence-corrected chi connectivity index (χ1v) is 6.50. The molecule has 0 radical (unpaired) electrons. The van der Waals surface area contributed by atoms with Gasteiger partial charge in [-0.1, -0.05) is 0 Å². The van der Waals surface area contributed by atoms with Crippen LogP contribution in [0.2, 0.25) is 0 Å². The molecule has 0 aromatic carbocycles. The van der Waals surface area contributed by atoms with Crippen LogP contribution in [0.3, 0.4) is 0 Å². The molecule has 2 atom stereocenters. The van der Waals surface area contributed by atoms with Crippen molar-refractivity contribution in [1.82, 2.24) is 4.98 Å². The predicted octanol–water partition coefficient (Wildman–Crippen LogP) is -1.32. The minimum absolute atomic E-state index is 0.0144. The van der Waals surface area contributed by atoms with Crippen molar-refractivity contribution in [2.75, 3.05) is 40.3 Å². The van der Waals surface area contributed by atoms with E-state index in [9.17, 15) is 4.79 Å². The maximum Gasteiger partial charge on any atom is 0.499 e. The van der Waals surface area contributed by atoms with Gasteiger partial charge in [0.25, 0.3) is 0 Å². The molecule has 2 heterocycles. The molecule has 1 fully saturated rings. The first-order valence-electron chi connectivity index (χ1n) is 6.50. The van der Waals surface area contributed by atoms with Crippen LogP contribution in [0, 0.1) is 0 Å². The molecule has 22 heavy (non-hydrogen) atoms. The van der Waals surface area contributed by atoms with Gasteiger partial charge in [-0.05, 0) is 0 Å². The molecule has 1 aliphatic rings. The average molecular weight is 318 g/mol. The number of nitrogens with one attached hydrogen (secondary N) is 1. The molecule has 1 saturated heterocycles. The summed E-state index contributed by atoms with van der Waals surface area (Å²) in [6.07, 6.45) is -1.39. The Morgan fingerprint density at radius 2 is 2.09 bits per heavy atom. The van der Waals surface area contributed by atoms with E-state index in [2.05, 4.69) is 4.98 Å².